The highest BCUT2D eigenvalue weighted by Crippen LogP contribution is 2.30. The van der Waals surface area contributed by atoms with Gasteiger partial charge in [0.15, 0.2) is 0 Å². The second-order valence-electron chi connectivity index (χ2n) is 5.43. The monoisotopic (exact) mass is 242 g/mol. The van der Waals surface area contributed by atoms with Crippen molar-refractivity contribution in [2.24, 2.45) is 0 Å². The van der Waals surface area contributed by atoms with Crippen molar-refractivity contribution < 1.29 is 14.6 Å². The van der Waals surface area contributed by atoms with Gasteiger partial charge in [-0.15, -0.1) is 0 Å². The summed E-state index contributed by atoms with van der Waals surface area (Å²) in [7, 11) is 1.54. The van der Waals surface area contributed by atoms with E-state index >= 15 is 0 Å². The Morgan fingerprint density at radius 3 is 2.76 bits per heavy atom. The highest BCUT2D eigenvalue weighted by Gasteiger charge is 2.40. The first-order valence-electron chi connectivity index (χ1n) is 6.29. The van der Waals surface area contributed by atoms with Gasteiger partial charge in [0.1, 0.15) is 5.54 Å². The molecule has 2 N–H and O–H groups in total. The smallest absolute Gasteiger partial charge is 0.326 e. The van der Waals surface area contributed by atoms with Gasteiger partial charge in [-0.1, -0.05) is 0 Å². The van der Waals surface area contributed by atoms with Crippen molar-refractivity contribution in [1.29, 1.82) is 0 Å². The van der Waals surface area contributed by atoms with Crippen LogP contribution in [0.25, 0.3) is 0 Å². The van der Waals surface area contributed by atoms with Crippen LogP contribution >= 0.6 is 0 Å². The average Bonchev–Trinajstić information content (AvgIpc) is 3.01. The Balaban J connectivity index is 1.87. The topological polar surface area (TPSA) is 61.8 Å². The summed E-state index contributed by atoms with van der Waals surface area (Å²) >= 11 is 0. The summed E-state index contributed by atoms with van der Waals surface area (Å²) in [5.74, 6) is -0.843. The first-order chi connectivity index (χ1) is 8.05. The summed E-state index contributed by atoms with van der Waals surface area (Å²) in [6, 6.07) is 1.03. The largest absolute Gasteiger partial charge is 0.480 e. The summed E-state index contributed by atoms with van der Waals surface area (Å²) in [6.45, 7) is 3.95. The van der Waals surface area contributed by atoms with E-state index in [-0.39, 0.29) is 12.6 Å². The lowest BCUT2D eigenvalue weighted by atomic mass is 10.0. The normalized spacial score (nSPS) is 29.2. The van der Waals surface area contributed by atoms with Gasteiger partial charge in [0.2, 0.25) is 0 Å². The Kier molecular flexibility index (Phi) is 3.70. The molecule has 0 aromatic heterocycles. The van der Waals surface area contributed by atoms with Crippen molar-refractivity contribution >= 4 is 5.97 Å². The number of likely N-dealkylation sites (tertiary alicyclic amines) is 1. The first kappa shape index (κ1) is 12.8. The van der Waals surface area contributed by atoms with Crippen molar-refractivity contribution in [3.05, 3.63) is 0 Å². The molecule has 17 heavy (non-hydrogen) atoms. The van der Waals surface area contributed by atoms with Gasteiger partial charge in [0.05, 0.1) is 6.61 Å². The minimum atomic E-state index is -0.973. The van der Waals surface area contributed by atoms with Gasteiger partial charge in [-0.05, 0) is 26.2 Å². The van der Waals surface area contributed by atoms with E-state index in [0.717, 1.165) is 25.6 Å². The number of carbonyl (C=O) groups is 1. The summed E-state index contributed by atoms with van der Waals surface area (Å²) in [5, 5.41) is 12.5. The fourth-order valence-electron chi connectivity index (χ4n) is 2.58. The maximum absolute atomic E-state index is 11.3. The summed E-state index contributed by atoms with van der Waals surface area (Å²) in [6.07, 6.45) is 3.64. The summed E-state index contributed by atoms with van der Waals surface area (Å²) in [5.41, 5.74) is -0.973. The number of rotatable bonds is 6. The van der Waals surface area contributed by atoms with Gasteiger partial charge in [-0.3, -0.25) is 15.0 Å². The van der Waals surface area contributed by atoms with Crippen LogP contribution in [-0.4, -0.2) is 60.4 Å². The second kappa shape index (κ2) is 4.92. The summed E-state index contributed by atoms with van der Waals surface area (Å²) < 4.78 is 5.01. The van der Waals surface area contributed by atoms with Crippen LogP contribution in [-0.2, 0) is 9.53 Å². The molecule has 1 saturated carbocycles. The molecule has 2 aliphatic rings. The molecule has 0 amide bonds. The SMILES string of the molecule is COCC(C)(NC1CCN(C2CC2)C1)C(=O)O. The third kappa shape index (κ3) is 2.97. The highest BCUT2D eigenvalue weighted by atomic mass is 16.5. The average molecular weight is 242 g/mol. The quantitative estimate of drug-likeness (QED) is 0.701. The Labute approximate surface area is 102 Å². The highest BCUT2D eigenvalue weighted by molar-refractivity contribution is 5.78. The second-order valence-corrected chi connectivity index (χ2v) is 5.43. The van der Waals surface area contributed by atoms with E-state index in [9.17, 15) is 9.90 Å². The van der Waals surface area contributed by atoms with Crippen molar-refractivity contribution in [2.45, 2.75) is 43.8 Å². The van der Waals surface area contributed by atoms with Gasteiger partial charge in [0.25, 0.3) is 0 Å². The Hall–Kier alpha value is -0.650. The zero-order valence-corrected chi connectivity index (χ0v) is 10.6. The standard InChI is InChI=1S/C12H22N2O3/c1-12(8-17-2,11(15)16)13-9-5-6-14(7-9)10-3-4-10/h9-10,13H,3-8H2,1-2H3,(H,15,16). The minimum absolute atomic E-state index is 0.197. The van der Waals surface area contributed by atoms with Crippen molar-refractivity contribution in [3.8, 4) is 0 Å². The number of nitrogens with one attached hydrogen (secondary N) is 1. The lowest BCUT2D eigenvalue weighted by Crippen LogP contribution is -2.57. The number of hydrogen-bond acceptors (Lipinski definition) is 4. The number of aliphatic carboxylic acids is 1. The fraction of sp³-hybridized carbons (Fsp3) is 0.917. The maximum Gasteiger partial charge on any atom is 0.326 e. The molecule has 98 valence electrons. The molecule has 5 heteroatoms. The molecule has 1 aliphatic heterocycles. The van der Waals surface area contributed by atoms with Crippen molar-refractivity contribution in [3.63, 3.8) is 0 Å². The van der Waals surface area contributed by atoms with Crippen LogP contribution in [0.1, 0.15) is 26.2 Å². The molecule has 5 nitrogen and oxygen atoms in total. The Bertz CT molecular complexity index is 293. The van der Waals surface area contributed by atoms with Gasteiger partial charge >= 0.3 is 5.97 Å². The molecule has 1 aliphatic carbocycles. The van der Waals surface area contributed by atoms with Crippen LogP contribution in [0.2, 0.25) is 0 Å². The number of hydrogen-bond donors (Lipinski definition) is 2. The lowest BCUT2D eigenvalue weighted by Gasteiger charge is -2.29. The van der Waals surface area contributed by atoms with Crippen LogP contribution in [0.5, 0.6) is 0 Å². The summed E-state index contributed by atoms with van der Waals surface area (Å²) in [4.78, 5) is 13.7. The Morgan fingerprint density at radius 2 is 2.24 bits per heavy atom. The van der Waals surface area contributed by atoms with Crippen LogP contribution in [0, 0.1) is 0 Å². The molecule has 0 spiro atoms. The molecule has 2 atom stereocenters. The lowest BCUT2D eigenvalue weighted by molar-refractivity contribution is -0.146. The predicted octanol–water partition coefficient (Wildman–Crippen LogP) is 0.302. The van der Waals surface area contributed by atoms with E-state index in [1.54, 1.807) is 6.92 Å². The molecular weight excluding hydrogens is 220 g/mol. The van der Waals surface area contributed by atoms with Gasteiger partial charge < -0.3 is 9.84 Å². The van der Waals surface area contributed by atoms with Crippen LogP contribution < -0.4 is 5.32 Å². The molecule has 0 aromatic carbocycles. The molecule has 2 unspecified atom stereocenters. The third-order valence-corrected chi connectivity index (χ3v) is 3.71. The molecule has 0 radical (unpaired) electrons. The number of carboxylic acid groups (broad SMARTS) is 1. The van der Waals surface area contributed by atoms with E-state index in [2.05, 4.69) is 10.2 Å². The number of carboxylic acids is 1. The number of ether oxygens (including phenoxy) is 1. The van der Waals surface area contributed by atoms with E-state index in [0.29, 0.717) is 0 Å². The van der Waals surface area contributed by atoms with E-state index in [1.807, 2.05) is 0 Å². The fourth-order valence-corrected chi connectivity index (χ4v) is 2.58. The number of methoxy groups -OCH3 is 1. The maximum atomic E-state index is 11.3. The third-order valence-electron chi connectivity index (χ3n) is 3.71. The minimum Gasteiger partial charge on any atom is -0.480 e. The van der Waals surface area contributed by atoms with Crippen LogP contribution in [0.3, 0.4) is 0 Å². The van der Waals surface area contributed by atoms with Gasteiger partial charge in [-0.2, -0.15) is 0 Å². The molecular formula is C12H22N2O3. The van der Waals surface area contributed by atoms with E-state index in [4.69, 9.17) is 4.74 Å². The van der Waals surface area contributed by atoms with Crippen molar-refractivity contribution in [1.82, 2.24) is 10.2 Å². The first-order valence-corrected chi connectivity index (χ1v) is 6.29. The van der Waals surface area contributed by atoms with Crippen LogP contribution in [0.15, 0.2) is 0 Å². The van der Waals surface area contributed by atoms with E-state index < -0.39 is 11.5 Å². The van der Waals surface area contributed by atoms with Gasteiger partial charge in [0, 0.05) is 32.3 Å². The zero-order valence-electron chi connectivity index (χ0n) is 10.6. The molecule has 2 fully saturated rings. The molecule has 2 rings (SSSR count). The number of nitrogens with zero attached hydrogens (tertiary/aromatic N) is 1. The predicted molar refractivity (Wildman–Crippen MR) is 64.1 cm³/mol. The molecule has 0 aromatic rings. The van der Waals surface area contributed by atoms with E-state index in [1.165, 1.54) is 20.0 Å². The molecule has 0 bridgehead atoms. The van der Waals surface area contributed by atoms with Crippen LogP contribution in [0.4, 0.5) is 0 Å². The Morgan fingerprint density at radius 1 is 1.53 bits per heavy atom. The zero-order chi connectivity index (χ0) is 12.5. The molecule has 1 heterocycles. The van der Waals surface area contributed by atoms with Crippen molar-refractivity contribution in [2.75, 3.05) is 26.8 Å². The van der Waals surface area contributed by atoms with Gasteiger partial charge in [-0.25, -0.2) is 0 Å². The molecule has 1 saturated heterocycles.